The molecule has 4 rings (SSSR count). The third-order valence-corrected chi connectivity index (χ3v) is 6.03. The van der Waals surface area contributed by atoms with E-state index in [4.69, 9.17) is 4.74 Å². The van der Waals surface area contributed by atoms with Gasteiger partial charge in [0, 0.05) is 13.0 Å². The summed E-state index contributed by atoms with van der Waals surface area (Å²) in [6.07, 6.45) is 0.512. The molecule has 34 heavy (non-hydrogen) atoms. The van der Waals surface area contributed by atoms with Crippen LogP contribution in [0.3, 0.4) is 0 Å². The average Bonchev–Trinajstić information content (AvgIpc) is 3.33. The summed E-state index contributed by atoms with van der Waals surface area (Å²) in [6, 6.07) is 16.1. The van der Waals surface area contributed by atoms with E-state index in [0.29, 0.717) is 5.69 Å². The molecule has 2 aromatic carbocycles. The molecule has 0 radical (unpaired) electrons. The number of aromatic carboxylic acids is 1. The lowest BCUT2D eigenvalue weighted by Crippen LogP contribution is -2.54. The van der Waals surface area contributed by atoms with Crippen molar-refractivity contribution >= 4 is 18.0 Å². The zero-order valence-electron chi connectivity index (χ0n) is 19.2. The number of fused-ring (bicyclic) bond motifs is 3. The monoisotopic (exact) mass is 462 g/mol. The van der Waals surface area contributed by atoms with Gasteiger partial charge in [-0.25, -0.2) is 9.59 Å². The summed E-state index contributed by atoms with van der Waals surface area (Å²) in [7, 11) is 1.59. The molecular weight excluding hydrogens is 436 g/mol. The number of aromatic nitrogens is 2. The predicted octanol–water partition coefficient (Wildman–Crippen LogP) is 3.05. The second kappa shape index (κ2) is 9.01. The molecule has 0 unspecified atom stereocenters. The van der Waals surface area contributed by atoms with Crippen LogP contribution in [0.15, 0.2) is 54.7 Å². The lowest BCUT2D eigenvalue weighted by molar-refractivity contribution is -0.126. The third kappa shape index (κ3) is 4.36. The van der Waals surface area contributed by atoms with Crippen LogP contribution < -0.4 is 10.6 Å². The van der Waals surface area contributed by atoms with Gasteiger partial charge < -0.3 is 20.5 Å². The van der Waals surface area contributed by atoms with Crippen molar-refractivity contribution in [2.24, 2.45) is 7.05 Å². The molecule has 0 spiro atoms. The Hall–Kier alpha value is -4.14. The van der Waals surface area contributed by atoms with Crippen LogP contribution in [0, 0.1) is 0 Å². The molecule has 0 saturated carbocycles. The number of amides is 2. The van der Waals surface area contributed by atoms with Crippen molar-refractivity contribution in [1.82, 2.24) is 20.4 Å². The summed E-state index contributed by atoms with van der Waals surface area (Å²) >= 11 is 0. The molecule has 0 aliphatic heterocycles. The predicted molar refractivity (Wildman–Crippen MR) is 124 cm³/mol. The van der Waals surface area contributed by atoms with E-state index in [-0.39, 0.29) is 24.6 Å². The first-order valence-electron chi connectivity index (χ1n) is 10.8. The first-order chi connectivity index (χ1) is 16.2. The van der Waals surface area contributed by atoms with E-state index in [0.717, 1.165) is 22.3 Å². The molecule has 0 bridgehead atoms. The molecule has 1 heterocycles. The van der Waals surface area contributed by atoms with Crippen LogP contribution in [0.5, 0.6) is 0 Å². The van der Waals surface area contributed by atoms with Gasteiger partial charge in [0.25, 0.3) is 0 Å². The number of hydrogen-bond donors (Lipinski definition) is 3. The van der Waals surface area contributed by atoms with Crippen molar-refractivity contribution in [3.8, 4) is 11.1 Å². The first kappa shape index (κ1) is 23.0. The van der Waals surface area contributed by atoms with Gasteiger partial charge in [-0.1, -0.05) is 48.5 Å². The van der Waals surface area contributed by atoms with Crippen LogP contribution in [-0.4, -0.2) is 45.0 Å². The molecule has 9 heteroatoms. The fourth-order valence-corrected chi connectivity index (χ4v) is 4.18. The second-order valence-corrected chi connectivity index (χ2v) is 8.69. The maximum atomic E-state index is 12.7. The lowest BCUT2D eigenvalue weighted by Gasteiger charge is -2.25. The molecule has 1 aliphatic carbocycles. The summed E-state index contributed by atoms with van der Waals surface area (Å²) in [4.78, 5) is 36.6. The molecule has 3 N–H and O–H groups in total. The minimum Gasteiger partial charge on any atom is -0.478 e. The Morgan fingerprint density at radius 1 is 1.06 bits per heavy atom. The highest BCUT2D eigenvalue weighted by Gasteiger charge is 2.33. The van der Waals surface area contributed by atoms with Crippen molar-refractivity contribution < 1.29 is 24.2 Å². The number of carboxylic acids is 1. The van der Waals surface area contributed by atoms with E-state index in [1.807, 2.05) is 36.4 Å². The first-order valence-corrected chi connectivity index (χ1v) is 10.8. The number of nitrogens with one attached hydrogen (secondary N) is 2. The van der Waals surface area contributed by atoms with Crippen LogP contribution in [0.1, 0.15) is 46.9 Å². The Labute approximate surface area is 196 Å². The zero-order valence-corrected chi connectivity index (χ0v) is 19.2. The van der Waals surface area contributed by atoms with Crippen molar-refractivity contribution in [2.45, 2.75) is 31.8 Å². The SMILES string of the molecule is Cn1ncc(C(=O)O)c1CNC(=O)C(C)(C)NC(=O)OCC1c2ccccc2-c2ccccc21. The van der Waals surface area contributed by atoms with E-state index >= 15 is 0 Å². The molecule has 9 nitrogen and oxygen atoms in total. The number of hydrogen-bond acceptors (Lipinski definition) is 5. The maximum Gasteiger partial charge on any atom is 0.408 e. The fraction of sp³-hybridized carbons (Fsp3) is 0.280. The summed E-state index contributed by atoms with van der Waals surface area (Å²) in [6.45, 7) is 3.18. The highest BCUT2D eigenvalue weighted by atomic mass is 16.5. The van der Waals surface area contributed by atoms with Crippen molar-refractivity contribution in [2.75, 3.05) is 6.61 Å². The summed E-state index contributed by atoms with van der Waals surface area (Å²) in [5.74, 6) is -1.71. The minimum atomic E-state index is -1.29. The van der Waals surface area contributed by atoms with Crippen LogP contribution in [0.2, 0.25) is 0 Å². The number of carbonyl (C=O) groups excluding carboxylic acids is 2. The number of nitrogens with zero attached hydrogens (tertiary/aromatic N) is 2. The second-order valence-electron chi connectivity index (χ2n) is 8.69. The Morgan fingerprint density at radius 2 is 1.65 bits per heavy atom. The molecule has 1 aliphatic rings. The Morgan fingerprint density at radius 3 is 2.24 bits per heavy atom. The largest absolute Gasteiger partial charge is 0.478 e. The fourth-order valence-electron chi connectivity index (χ4n) is 4.18. The van der Waals surface area contributed by atoms with E-state index in [1.165, 1.54) is 10.9 Å². The summed E-state index contributed by atoms with van der Waals surface area (Å²) < 4.78 is 6.91. The smallest absolute Gasteiger partial charge is 0.408 e. The minimum absolute atomic E-state index is 0.00472. The number of carbonyl (C=O) groups is 3. The van der Waals surface area contributed by atoms with Gasteiger partial charge in [0.2, 0.25) is 5.91 Å². The average molecular weight is 463 g/mol. The molecular formula is C25H26N4O5. The zero-order chi connectivity index (χ0) is 24.5. The Kier molecular flexibility index (Phi) is 6.10. The Bertz CT molecular complexity index is 1220. The quantitative estimate of drug-likeness (QED) is 0.496. The van der Waals surface area contributed by atoms with E-state index in [2.05, 4.69) is 27.9 Å². The highest BCUT2D eigenvalue weighted by molar-refractivity contribution is 5.90. The van der Waals surface area contributed by atoms with Crippen LogP contribution in [0.4, 0.5) is 4.79 Å². The molecule has 0 fully saturated rings. The molecule has 1 aromatic heterocycles. The highest BCUT2D eigenvalue weighted by Crippen LogP contribution is 2.44. The number of rotatable bonds is 7. The van der Waals surface area contributed by atoms with Gasteiger partial charge in [-0.2, -0.15) is 5.10 Å². The van der Waals surface area contributed by atoms with Crippen molar-refractivity contribution in [1.29, 1.82) is 0 Å². The number of alkyl carbamates (subject to hydrolysis) is 1. The van der Waals surface area contributed by atoms with Crippen LogP contribution in [-0.2, 0) is 23.1 Å². The van der Waals surface area contributed by atoms with Gasteiger partial charge in [0.1, 0.15) is 17.7 Å². The van der Waals surface area contributed by atoms with E-state index in [1.54, 1.807) is 20.9 Å². The molecule has 0 saturated heterocycles. The summed E-state index contributed by atoms with van der Waals surface area (Å²) in [5.41, 5.74) is 3.51. The maximum absolute atomic E-state index is 12.7. The van der Waals surface area contributed by atoms with Gasteiger partial charge in [-0.15, -0.1) is 0 Å². The number of ether oxygens (including phenoxy) is 1. The Balaban J connectivity index is 1.37. The van der Waals surface area contributed by atoms with Crippen molar-refractivity contribution in [3.63, 3.8) is 0 Å². The van der Waals surface area contributed by atoms with Crippen LogP contribution in [0.25, 0.3) is 11.1 Å². The van der Waals surface area contributed by atoms with Gasteiger partial charge in [0.15, 0.2) is 0 Å². The normalized spacial score (nSPS) is 12.6. The van der Waals surface area contributed by atoms with E-state index < -0.39 is 23.5 Å². The molecule has 2 amide bonds. The van der Waals surface area contributed by atoms with Crippen LogP contribution >= 0.6 is 0 Å². The lowest BCUT2D eigenvalue weighted by atomic mass is 9.98. The molecule has 176 valence electrons. The van der Waals surface area contributed by atoms with Gasteiger partial charge in [-0.3, -0.25) is 9.48 Å². The standard InChI is InChI=1S/C25H26N4O5/c1-25(2,23(32)26-13-21-19(22(30)31)12-27-29(21)3)28-24(33)34-14-20-17-10-6-4-8-15(17)16-9-5-7-11-18(16)20/h4-12,20H,13-14H2,1-3H3,(H,26,32)(H,28,33)(H,30,31). The van der Waals surface area contributed by atoms with Gasteiger partial charge in [0.05, 0.1) is 18.4 Å². The van der Waals surface area contributed by atoms with Crippen molar-refractivity contribution in [3.05, 3.63) is 77.1 Å². The molecule has 3 aromatic rings. The summed E-state index contributed by atoms with van der Waals surface area (Å²) in [5, 5.41) is 18.4. The van der Waals surface area contributed by atoms with Gasteiger partial charge in [-0.05, 0) is 36.1 Å². The van der Waals surface area contributed by atoms with E-state index in [9.17, 15) is 19.5 Å². The number of aryl methyl sites for hydroxylation is 1. The topological polar surface area (TPSA) is 123 Å². The van der Waals surface area contributed by atoms with Gasteiger partial charge >= 0.3 is 12.1 Å². The number of benzene rings is 2. The third-order valence-electron chi connectivity index (χ3n) is 6.03. The number of carboxylic acid groups (broad SMARTS) is 1. The molecule has 0 atom stereocenters.